The van der Waals surface area contributed by atoms with E-state index in [1.165, 1.54) is 0 Å². The maximum Gasteiger partial charge on any atom is 0.251 e. The van der Waals surface area contributed by atoms with Gasteiger partial charge in [-0.2, -0.15) is 0 Å². The fourth-order valence-electron chi connectivity index (χ4n) is 3.19. The molecule has 1 atom stereocenters. The van der Waals surface area contributed by atoms with Gasteiger partial charge in [-0.1, -0.05) is 12.1 Å². The maximum absolute atomic E-state index is 12.7. The molecule has 4 rings (SSSR count). The van der Waals surface area contributed by atoms with Crippen molar-refractivity contribution in [1.29, 1.82) is 0 Å². The number of anilines is 1. The van der Waals surface area contributed by atoms with Crippen LogP contribution in [-0.2, 0) is 0 Å². The molecule has 3 aromatic rings. The second kappa shape index (κ2) is 7.61. The molecular formula is C19H19N5OS. The van der Waals surface area contributed by atoms with Crippen molar-refractivity contribution in [1.82, 2.24) is 20.3 Å². The Balaban J connectivity index is 1.44. The van der Waals surface area contributed by atoms with Crippen LogP contribution in [0.15, 0.2) is 54.4 Å². The number of hydrogen-bond acceptors (Lipinski definition) is 6. The number of nitrogens with zero attached hydrogens (tertiary/aromatic N) is 4. The van der Waals surface area contributed by atoms with E-state index in [-0.39, 0.29) is 11.9 Å². The number of amides is 1. The van der Waals surface area contributed by atoms with Crippen molar-refractivity contribution in [3.05, 3.63) is 60.0 Å². The SMILES string of the molecule is O=C(N[C@@H]1CCCN(c2cnccn2)C1)c1cccc(-c2nccs2)c1. The lowest BCUT2D eigenvalue weighted by molar-refractivity contribution is 0.0933. The van der Waals surface area contributed by atoms with Crippen molar-refractivity contribution < 1.29 is 4.79 Å². The minimum atomic E-state index is -0.0469. The van der Waals surface area contributed by atoms with Crippen molar-refractivity contribution in [3.63, 3.8) is 0 Å². The number of piperidine rings is 1. The predicted molar refractivity (Wildman–Crippen MR) is 102 cm³/mol. The molecule has 1 saturated heterocycles. The van der Waals surface area contributed by atoms with Gasteiger partial charge in [-0.05, 0) is 25.0 Å². The Hall–Kier alpha value is -2.80. The van der Waals surface area contributed by atoms with Crippen molar-refractivity contribution >= 4 is 23.1 Å². The van der Waals surface area contributed by atoms with E-state index in [2.05, 4.69) is 25.2 Å². The molecular weight excluding hydrogens is 346 g/mol. The summed E-state index contributed by atoms with van der Waals surface area (Å²) in [5, 5.41) is 6.02. The van der Waals surface area contributed by atoms with E-state index in [4.69, 9.17) is 0 Å². The highest BCUT2D eigenvalue weighted by atomic mass is 32.1. The summed E-state index contributed by atoms with van der Waals surface area (Å²) in [4.78, 5) is 27.7. The molecule has 6 nitrogen and oxygen atoms in total. The molecule has 0 unspecified atom stereocenters. The third-order valence-electron chi connectivity index (χ3n) is 4.43. The van der Waals surface area contributed by atoms with Gasteiger partial charge >= 0.3 is 0 Å². The third-order valence-corrected chi connectivity index (χ3v) is 5.26. The number of carbonyl (C=O) groups is 1. The number of benzene rings is 1. The second-order valence-electron chi connectivity index (χ2n) is 6.24. The van der Waals surface area contributed by atoms with Gasteiger partial charge in [0, 0.05) is 54.2 Å². The number of thiazole rings is 1. The minimum Gasteiger partial charge on any atom is -0.353 e. The molecule has 7 heteroatoms. The molecule has 0 spiro atoms. The summed E-state index contributed by atoms with van der Waals surface area (Å²) in [7, 11) is 0. The molecule has 26 heavy (non-hydrogen) atoms. The van der Waals surface area contributed by atoms with Gasteiger partial charge in [-0.25, -0.2) is 9.97 Å². The number of aromatic nitrogens is 3. The van der Waals surface area contributed by atoms with Gasteiger partial charge in [-0.3, -0.25) is 9.78 Å². The molecule has 1 aliphatic heterocycles. The molecule has 1 N–H and O–H groups in total. The lowest BCUT2D eigenvalue weighted by atomic mass is 10.0. The fourth-order valence-corrected chi connectivity index (χ4v) is 3.82. The summed E-state index contributed by atoms with van der Waals surface area (Å²) in [5.41, 5.74) is 1.63. The van der Waals surface area contributed by atoms with E-state index < -0.39 is 0 Å². The Morgan fingerprint density at radius 2 is 2.19 bits per heavy atom. The van der Waals surface area contributed by atoms with E-state index in [1.54, 1.807) is 36.1 Å². The van der Waals surface area contributed by atoms with Crippen LogP contribution in [0.2, 0.25) is 0 Å². The average molecular weight is 365 g/mol. The summed E-state index contributed by atoms with van der Waals surface area (Å²) in [6, 6.07) is 7.72. The highest BCUT2D eigenvalue weighted by molar-refractivity contribution is 7.13. The molecule has 3 heterocycles. The molecule has 2 aromatic heterocycles. The van der Waals surface area contributed by atoms with Crippen LogP contribution in [0.1, 0.15) is 23.2 Å². The lowest BCUT2D eigenvalue weighted by Gasteiger charge is -2.33. The zero-order valence-electron chi connectivity index (χ0n) is 14.2. The van der Waals surface area contributed by atoms with E-state index in [0.717, 1.165) is 42.3 Å². The van der Waals surface area contributed by atoms with Crippen LogP contribution in [-0.4, -0.2) is 40.0 Å². The highest BCUT2D eigenvalue weighted by Gasteiger charge is 2.23. The second-order valence-corrected chi connectivity index (χ2v) is 7.13. The van der Waals surface area contributed by atoms with Crippen LogP contribution in [0, 0.1) is 0 Å². The minimum absolute atomic E-state index is 0.0469. The number of rotatable bonds is 4. The average Bonchev–Trinajstić information content (AvgIpc) is 3.24. The number of carbonyl (C=O) groups excluding carboxylic acids is 1. The molecule has 132 valence electrons. The summed E-state index contributed by atoms with van der Waals surface area (Å²) in [6.45, 7) is 1.68. The van der Waals surface area contributed by atoms with Crippen molar-refractivity contribution in [3.8, 4) is 10.6 Å². The Labute approximate surface area is 155 Å². The topological polar surface area (TPSA) is 71.0 Å². The van der Waals surface area contributed by atoms with Gasteiger partial charge in [0.25, 0.3) is 5.91 Å². The Morgan fingerprint density at radius 3 is 3.00 bits per heavy atom. The third kappa shape index (κ3) is 3.72. The first-order valence-corrected chi connectivity index (χ1v) is 9.49. The van der Waals surface area contributed by atoms with Gasteiger partial charge in [0.05, 0.1) is 6.20 Å². The molecule has 0 radical (unpaired) electrons. The van der Waals surface area contributed by atoms with Gasteiger partial charge in [0.2, 0.25) is 0 Å². The first-order valence-electron chi connectivity index (χ1n) is 8.61. The first-order chi connectivity index (χ1) is 12.8. The fraction of sp³-hybridized carbons (Fsp3) is 0.263. The van der Waals surface area contributed by atoms with Gasteiger partial charge in [0.15, 0.2) is 0 Å². The number of nitrogens with one attached hydrogen (secondary N) is 1. The summed E-state index contributed by atoms with van der Waals surface area (Å²) in [5.74, 6) is 0.812. The quantitative estimate of drug-likeness (QED) is 0.770. The summed E-state index contributed by atoms with van der Waals surface area (Å²) >= 11 is 1.57. The van der Waals surface area contributed by atoms with E-state index >= 15 is 0 Å². The molecule has 1 aromatic carbocycles. The van der Waals surface area contributed by atoms with Crippen molar-refractivity contribution in [2.75, 3.05) is 18.0 Å². The van der Waals surface area contributed by atoms with Crippen LogP contribution < -0.4 is 10.2 Å². The van der Waals surface area contributed by atoms with Crippen LogP contribution in [0.3, 0.4) is 0 Å². The molecule has 1 amide bonds. The zero-order valence-corrected chi connectivity index (χ0v) is 15.0. The maximum atomic E-state index is 12.7. The van der Waals surface area contributed by atoms with Crippen molar-refractivity contribution in [2.24, 2.45) is 0 Å². The molecule has 1 aliphatic rings. The van der Waals surface area contributed by atoms with Gasteiger partial charge in [-0.15, -0.1) is 11.3 Å². The van der Waals surface area contributed by atoms with Crippen LogP contribution in [0.4, 0.5) is 5.82 Å². The Morgan fingerprint density at radius 1 is 1.23 bits per heavy atom. The zero-order chi connectivity index (χ0) is 17.8. The van der Waals surface area contributed by atoms with Crippen LogP contribution in [0.25, 0.3) is 10.6 Å². The first kappa shape index (κ1) is 16.7. The van der Waals surface area contributed by atoms with Gasteiger partial charge < -0.3 is 10.2 Å². The summed E-state index contributed by atoms with van der Waals surface area (Å²) in [6.07, 6.45) is 8.89. The normalized spacial score (nSPS) is 17.1. The van der Waals surface area contributed by atoms with E-state index in [0.29, 0.717) is 5.56 Å². The van der Waals surface area contributed by atoms with Crippen LogP contribution in [0.5, 0.6) is 0 Å². The molecule has 1 fully saturated rings. The standard InChI is InChI=1S/C19H19N5OS/c25-18(14-3-1-4-15(11-14)19-22-8-10-26-19)23-16-5-2-9-24(13-16)17-12-20-6-7-21-17/h1,3-4,6-8,10-12,16H,2,5,9,13H2,(H,23,25)/t16-/m1/s1. The number of hydrogen-bond donors (Lipinski definition) is 1. The van der Waals surface area contributed by atoms with Crippen molar-refractivity contribution in [2.45, 2.75) is 18.9 Å². The largest absolute Gasteiger partial charge is 0.353 e. The lowest BCUT2D eigenvalue weighted by Crippen LogP contribution is -2.48. The summed E-state index contributed by atoms with van der Waals surface area (Å²) < 4.78 is 0. The van der Waals surface area contributed by atoms with Crippen LogP contribution >= 0.6 is 11.3 Å². The van der Waals surface area contributed by atoms with Gasteiger partial charge in [0.1, 0.15) is 10.8 Å². The molecule has 0 bridgehead atoms. The highest BCUT2D eigenvalue weighted by Crippen LogP contribution is 2.23. The molecule has 0 saturated carbocycles. The Kier molecular flexibility index (Phi) is 4.88. The predicted octanol–water partition coefficient (Wildman–Crippen LogP) is 3.00. The van der Waals surface area contributed by atoms with E-state index in [1.807, 2.05) is 29.6 Å². The Bertz CT molecular complexity index is 869. The monoisotopic (exact) mass is 365 g/mol. The van der Waals surface area contributed by atoms with E-state index in [9.17, 15) is 4.79 Å². The smallest absolute Gasteiger partial charge is 0.251 e. The molecule has 0 aliphatic carbocycles.